The Balaban J connectivity index is 2.54. The number of carbonyl (C=O) groups is 1. The van der Waals surface area contributed by atoms with Gasteiger partial charge in [0.15, 0.2) is 0 Å². The molecule has 74 valence electrons. The standard InChI is InChI=1S/C10H8ClFO2/c11-9-4-5(12)3-8-6(9)1-2-7(8)10(13)14/h3-4,7H,1-2H2,(H,13,14). The quantitative estimate of drug-likeness (QED) is 0.780. The summed E-state index contributed by atoms with van der Waals surface area (Å²) >= 11 is 5.81. The van der Waals surface area contributed by atoms with Crippen molar-refractivity contribution >= 4 is 17.6 Å². The minimum absolute atomic E-state index is 0.337. The van der Waals surface area contributed by atoms with Gasteiger partial charge in [0.2, 0.25) is 0 Å². The van der Waals surface area contributed by atoms with E-state index in [0.29, 0.717) is 23.4 Å². The van der Waals surface area contributed by atoms with Gasteiger partial charge in [-0.2, -0.15) is 0 Å². The van der Waals surface area contributed by atoms with Crippen LogP contribution in [-0.4, -0.2) is 11.1 Å². The molecular weight excluding hydrogens is 207 g/mol. The second-order valence-corrected chi connectivity index (χ2v) is 3.79. The zero-order chi connectivity index (χ0) is 10.3. The smallest absolute Gasteiger partial charge is 0.310 e. The number of rotatable bonds is 1. The predicted octanol–water partition coefficient (Wildman–Crippen LogP) is 2.59. The molecule has 0 saturated carbocycles. The second-order valence-electron chi connectivity index (χ2n) is 3.38. The van der Waals surface area contributed by atoms with Gasteiger partial charge in [0, 0.05) is 5.02 Å². The second kappa shape index (κ2) is 3.24. The fraction of sp³-hybridized carbons (Fsp3) is 0.300. The molecule has 1 atom stereocenters. The third-order valence-corrected chi connectivity index (χ3v) is 2.89. The van der Waals surface area contributed by atoms with Crippen LogP contribution in [0.5, 0.6) is 0 Å². The molecule has 1 aliphatic rings. The zero-order valence-corrected chi connectivity index (χ0v) is 8.01. The lowest BCUT2D eigenvalue weighted by Crippen LogP contribution is -2.07. The molecule has 1 aromatic carbocycles. The molecule has 0 radical (unpaired) electrons. The molecule has 0 bridgehead atoms. The van der Waals surface area contributed by atoms with Crippen LogP contribution >= 0.6 is 11.6 Å². The third-order valence-electron chi connectivity index (χ3n) is 2.55. The van der Waals surface area contributed by atoms with Crippen molar-refractivity contribution in [1.29, 1.82) is 0 Å². The van der Waals surface area contributed by atoms with Crippen molar-refractivity contribution in [3.63, 3.8) is 0 Å². The fourth-order valence-corrected chi connectivity index (χ4v) is 2.21. The highest BCUT2D eigenvalue weighted by Gasteiger charge is 2.30. The molecule has 1 N–H and O–H groups in total. The van der Waals surface area contributed by atoms with E-state index in [0.717, 1.165) is 5.56 Å². The molecule has 0 heterocycles. The van der Waals surface area contributed by atoms with Gasteiger partial charge in [-0.05, 0) is 36.1 Å². The van der Waals surface area contributed by atoms with Crippen molar-refractivity contribution in [3.05, 3.63) is 34.1 Å². The van der Waals surface area contributed by atoms with Gasteiger partial charge in [0.25, 0.3) is 0 Å². The molecule has 14 heavy (non-hydrogen) atoms. The van der Waals surface area contributed by atoms with Crippen LogP contribution in [0.1, 0.15) is 23.5 Å². The number of carboxylic acids is 1. The van der Waals surface area contributed by atoms with Crippen LogP contribution in [0.4, 0.5) is 4.39 Å². The van der Waals surface area contributed by atoms with Crippen molar-refractivity contribution in [2.45, 2.75) is 18.8 Å². The number of aliphatic carboxylic acids is 1. The first-order chi connectivity index (χ1) is 6.59. The van der Waals surface area contributed by atoms with E-state index in [2.05, 4.69) is 0 Å². The molecule has 1 unspecified atom stereocenters. The van der Waals surface area contributed by atoms with Crippen molar-refractivity contribution in [2.24, 2.45) is 0 Å². The summed E-state index contributed by atoms with van der Waals surface area (Å²) in [5, 5.41) is 9.21. The maximum absolute atomic E-state index is 13.0. The maximum atomic E-state index is 13.0. The van der Waals surface area contributed by atoms with Crippen molar-refractivity contribution in [1.82, 2.24) is 0 Å². The highest BCUT2D eigenvalue weighted by Crippen LogP contribution is 2.37. The number of carboxylic acid groups (broad SMARTS) is 1. The summed E-state index contributed by atoms with van der Waals surface area (Å²) in [6.07, 6.45) is 1.12. The van der Waals surface area contributed by atoms with E-state index in [1.54, 1.807) is 0 Å². The summed E-state index contributed by atoms with van der Waals surface area (Å²) in [6, 6.07) is 2.50. The lowest BCUT2D eigenvalue weighted by molar-refractivity contribution is -0.138. The van der Waals surface area contributed by atoms with Crippen LogP contribution in [0.2, 0.25) is 5.02 Å². The topological polar surface area (TPSA) is 37.3 Å². The summed E-state index contributed by atoms with van der Waals surface area (Å²) < 4.78 is 13.0. The Morgan fingerprint density at radius 3 is 2.93 bits per heavy atom. The van der Waals surface area contributed by atoms with Crippen molar-refractivity contribution in [2.75, 3.05) is 0 Å². The van der Waals surface area contributed by atoms with Gasteiger partial charge >= 0.3 is 5.97 Å². The molecule has 0 aliphatic heterocycles. The molecular formula is C10H8ClFO2. The molecule has 1 aromatic rings. The third kappa shape index (κ3) is 1.38. The van der Waals surface area contributed by atoms with Gasteiger partial charge in [-0.15, -0.1) is 0 Å². The molecule has 0 spiro atoms. The van der Waals surface area contributed by atoms with E-state index >= 15 is 0 Å². The van der Waals surface area contributed by atoms with Gasteiger partial charge in [-0.25, -0.2) is 4.39 Å². The molecule has 1 aliphatic carbocycles. The van der Waals surface area contributed by atoms with Crippen LogP contribution < -0.4 is 0 Å². The highest BCUT2D eigenvalue weighted by atomic mass is 35.5. The summed E-state index contributed by atoms with van der Waals surface area (Å²) in [7, 11) is 0. The number of fused-ring (bicyclic) bond motifs is 1. The van der Waals surface area contributed by atoms with Crippen LogP contribution in [0.15, 0.2) is 12.1 Å². The Hall–Kier alpha value is -1.09. The SMILES string of the molecule is O=C(O)C1CCc2c(Cl)cc(F)cc21. The first-order valence-corrected chi connectivity index (χ1v) is 4.68. The van der Waals surface area contributed by atoms with Crippen LogP contribution in [0.25, 0.3) is 0 Å². The minimum atomic E-state index is -0.912. The Bertz CT molecular complexity index is 403. The Labute approximate surface area is 85.3 Å². The number of hydrogen-bond donors (Lipinski definition) is 1. The Morgan fingerprint density at radius 2 is 2.29 bits per heavy atom. The Kier molecular flexibility index (Phi) is 2.19. The molecule has 2 rings (SSSR count). The van der Waals surface area contributed by atoms with Gasteiger partial charge in [0.05, 0.1) is 5.92 Å². The molecule has 2 nitrogen and oxygen atoms in total. The van der Waals surface area contributed by atoms with Crippen LogP contribution in [0.3, 0.4) is 0 Å². The van der Waals surface area contributed by atoms with E-state index in [9.17, 15) is 9.18 Å². The van der Waals surface area contributed by atoms with Crippen molar-refractivity contribution < 1.29 is 14.3 Å². The van der Waals surface area contributed by atoms with Gasteiger partial charge in [-0.1, -0.05) is 11.6 Å². The number of benzene rings is 1. The lowest BCUT2D eigenvalue weighted by atomic mass is 10.0. The summed E-state index contributed by atoms with van der Waals surface area (Å²) in [6.45, 7) is 0. The van der Waals surface area contributed by atoms with E-state index in [1.807, 2.05) is 0 Å². The first kappa shape index (κ1) is 9.46. The van der Waals surface area contributed by atoms with Crippen LogP contribution in [-0.2, 0) is 11.2 Å². The van der Waals surface area contributed by atoms with Gasteiger partial charge in [-0.3, -0.25) is 4.79 Å². The normalized spacial score (nSPS) is 19.4. The minimum Gasteiger partial charge on any atom is -0.481 e. The van der Waals surface area contributed by atoms with Crippen LogP contribution in [0, 0.1) is 5.82 Å². The molecule has 0 aromatic heterocycles. The maximum Gasteiger partial charge on any atom is 0.310 e. The average Bonchev–Trinajstić information content (AvgIpc) is 2.47. The molecule has 4 heteroatoms. The zero-order valence-electron chi connectivity index (χ0n) is 7.26. The van der Waals surface area contributed by atoms with Gasteiger partial charge in [0.1, 0.15) is 5.82 Å². The van der Waals surface area contributed by atoms with Crippen molar-refractivity contribution in [3.8, 4) is 0 Å². The summed E-state index contributed by atoms with van der Waals surface area (Å²) in [4.78, 5) is 10.8. The molecule has 0 amide bonds. The highest BCUT2D eigenvalue weighted by molar-refractivity contribution is 6.31. The van der Waals surface area contributed by atoms with E-state index in [-0.39, 0.29) is 0 Å². The first-order valence-electron chi connectivity index (χ1n) is 4.30. The van der Waals surface area contributed by atoms with E-state index < -0.39 is 17.7 Å². The summed E-state index contributed by atoms with van der Waals surface area (Å²) in [5.41, 5.74) is 1.31. The Morgan fingerprint density at radius 1 is 1.57 bits per heavy atom. The van der Waals surface area contributed by atoms with E-state index in [4.69, 9.17) is 16.7 Å². The monoisotopic (exact) mass is 214 g/mol. The average molecular weight is 215 g/mol. The fourth-order valence-electron chi connectivity index (χ4n) is 1.90. The predicted molar refractivity (Wildman–Crippen MR) is 50.1 cm³/mol. The largest absolute Gasteiger partial charge is 0.481 e. The summed E-state index contributed by atoms with van der Waals surface area (Å²) in [5.74, 6) is -1.98. The number of hydrogen-bond acceptors (Lipinski definition) is 1. The van der Waals surface area contributed by atoms with Gasteiger partial charge < -0.3 is 5.11 Å². The lowest BCUT2D eigenvalue weighted by Gasteiger charge is -2.06. The number of halogens is 2. The van der Waals surface area contributed by atoms with E-state index in [1.165, 1.54) is 12.1 Å². The molecule has 0 saturated heterocycles. The molecule has 0 fully saturated rings.